The smallest absolute Gasteiger partial charge is 0.162 e. The summed E-state index contributed by atoms with van der Waals surface area (Å²) in [4.78, 5) is 2.25. The van der Waals surface area contributed by atoms with Crippen molar-refractivity contribution >= 4 is 0 Å². The second kappa shape index (κ2) is 5.17. The van der Waals surface area contributed by atoms with Gasteiger partial charge in [0.25, 0.3) is 0 Å². The van der Waals surface area contributed by atoms with Gasteiger partial charge in [-0.2, -0.15) is 0 Å². The molecule has 2 N–H and O–H groups in total. The molecule has 94 valence electrons. The molecule has 1 aromatic rings. The van der Waals surface area contributed by atoms with Crippen LogP contribution in [0.5, 0.6) is 0 Å². The van der Waals surface area contributed by atoms with Crippen molar-refractivity contribution in [2.24, 2.45) is 5.73 Å². The molecule has 1 fully saturated rings. The summed E-state index contributed by atoms with van der Waals surface area (Å²) in [7, 11) is 2.10. The number of rotatable bonds is 3. The van der Waals surface area contributed by atoms with E-state index in [0.717, 1.165) is 24.9 Å². The second-order valence-electron chi connectivity index (χ2n) is 4.67. The average Bonchev–Trinajstić information content (AvgIpc) is 2.35. The molecule has 2 rings (SSSR count). The van der Waals surface area contributed by atoms with Crippen LogP contribution >= 0.6 is 0 Å². The maximum Gasteiger partial charge on any atom is 0.162 e. The van der Waals surface area contributed by atoms with Crippen LogP contribution in [-0.2, 0) is 10.5 Å². The minimum atomic E-state index is -0.450. The minimum Gasteiger partial charge on any atom is -0.355 e. The predicted molar refractivity (Wildman–Crippen MR) is 69.6 cm³/mol. The molecule has 1 aliphatic heterocycles. The Hall–Kier alpha value is -0.900. The van der Waals surface area contributed by atoms with Gasteiger partial charge < -0.3 is 10.5 Å². The topological polar surface area (TPSA) is 38.5 Å². The third-order valence-corrected chi connectivity index (χ3v) is 3.63. The predicted octanol–water partition coefficient (Wildman–Crippen LogP) is 1.93. The highest BCUT2D eigenvalue weighted by atomic mass is 16.5. The normalized spacial score (nSPS) is 30.4. The second-order valence-corrected chi connectivity index (χ2v) is 4.67. The number of benzene rings is 1. The Morgan fingerprint density at radius 1 is 1.41 bits per heavy atom. The Labute approximate surface area is 104 Å². The van der Waals surface area contributed by atoms with Gasteiger partial charge in [0.2, 0.25) is 0 Å². The summed E-state index contributed by atoms with van der Waals surface area (Å²) in [6.45, 7) is 3.73. The molecule has 0 amide bonds. The molecular weight excluding hydrogens is 212 g/mol. The molecular formula is C14H22N2O. The molecule has 0 aromatic heterocycles. The molecule has 2 unspecified atom stereocenters. The quantitative estimate of drug-likeness (QED) is 0.868. The van der Waals surface area contributed by atoms with Crippen molar-refractivity contribution < 1.29 is 4.74 Å². The van der Waals surface area contributed by atoms with Gasteiger partial charge in [-0.25, -0.2) is 0 Å². The van der Waals surface area contributed by atoms with Gasteiger partial charge >= 0.3 is 0 Å². The van der Waals surface area contributed by atoms with Crippen molar-refractivity contribution in [1.82, 2.24) is 4.90 Å². The maximum atomic E-state index is 6.36. The fraction of sp³-hybridized carbons (Fsp3) is 0.571. The van der Waals surface area contributed by atoms with Crippen LogP contribution < -0.4 is 5.73 Å². The highest BCUT2D eigenvalue weighted by molar-refractivity contribution is 5.25. The summed E-state index contributed by atoms with van der Waals surface area (Å²) in [6, 6.07) is 10.4. The van der Waals surface area contributed by atoms with E-state index in [1.807, 2.05) is 25.1 Å². The Balaban J connectivity index is 2.43. The molecule has 3 nitrogen and oxygen atoms in total. The van der Waals surface area contributed by atoms with E-state index in [4.69, 9.17) is 10.5 Å². The van der Waals surface area contributed by atoms with Crippen molar-refractivity contribution in [3.05, 3.63) is 35.9 Å². The largest absolute Gasteiger partial charge is 0.355 e. The van der Waals surface area contributed by atoms with Crippen molar-refractivity contribution in [2.45, 2.75) is 31.5 Å². The first kappa shape index (κ1) is 12.6. The van der Waals surface area contributed by atoms with Gasteiger partial charge in [0, 0.05) is 18.7 Å². The molecule has 1 aliphatic rings. The summed E-state index contributed by atoms with van der Waals surface area (Å²) in [6.07, 6.45) is 2.15. The lowest BCUT2D eigenvalue weighted by Gasteiger charge is -2.49. The van der Waals surface area contributed by atoms with Crippen LogP contribution in [0.15, 0.2) is 30.3 Å². The molecule has 1 heterocycles. The Bertz CT molecular complexity index is 342. The first-order chi connectivity index (χ1) is 8.21. The Morgan fingerprint density at radius 2 is 2.12 bits per heavy atom. The highest BCUT2D eigenvalue weighted by Gasteiger charge is 2.45. The van der Waals surface area contributed by atoms with Gasteiger partial charge in [-0.1, -0.05) is 30.3 Å². The van der Waals surface area contributed by atoms with Crippen LogP contribution in [0, 0.1) is 0 Å². The van der Waals surface area contributed by atoms with Crippen LogP contribution in [0.3, 0.4) is 0 Å². The Morgan fingerprint density at radius 3 is 2.71 bits per heavy atom. The van der Waals surface area contributed by atoms with Crippen LogP contribution in [-0.4, -0.2) is 31.1 Å². The van der Waals surface area contributed by atoms with Crippen molar-refractivity contribution in [2.75, 3.05) is 20.2 Å². The van der Waals surface area contributed by atoms with E-state index in [-0.39, 0.29) is 6.04 Å². The van der Waals surface area contributed by atoms with Crippen molar-refractivity contribution in [3.63, 3.8) is 0 Å². The fourth-order valence-electron chi connectivity index (χ4n) is 2.83. The third kappa shape index (κ3) is 2.10. The van der Waals surface area contributed by atoms with E-state index in [1.165, 1.54) is 0 Å². The molecule has 0 bridgehead atoms. The lowest BCUT2D eigenvalue weighted by atomic mass is 9.87. The van der Waals surface area contributed by atoms with E-state index >= 15 is 0 Å². The Kier molecular flexibility index (Phi) is 3.82. The number of nitrogens with zero attached hydrogens (tertiary/aromatic N) is 1. The fourth-order valence-corrected chi connectivity index (χ4v) is 2.83. The number of likely N-dealkylation sites (tertiary alicyclic amines) is 1. The molecule has 17 heavy (non-hydrogen) atoms. The first-order valence-electron chi connectivity index (χ1n) is 6.38. The maximum absolute atomic E-state index is 6.36. The zero-order chi connectivity index (χ0) is 12.3. The summed E-state index contributed by atoms with van der Waals surface area (Å²) in [5.74, 6) is 0. The molecule has 0 radical (unpaired) electrons. The van der Waals surface area contributed by atoms with E-state index in [1.54, 1.807) is 0 Å². The number of likely N-dealkylation sites (N-methyl/N-ethyl adjacent to an activating group) is 1. The van der Waals surface area contributed by atoms with Crippen LogP contribution in [0.1, 0.15) is 25.3 Å². The lowest BCUT2D eigenvalue weighted by Crippen LogP contribution is -2.60. The third-order valence-electron chi connectivity index (χ3n) is 3.63. The number of hydrogen-bond acceptors (Lipinski definition) is 3. The SMILES string of the molecule is CCOC1(c2ccccc2)C(N)CCCN1C. The molecule has 3 heteroatoms. The summed E-state index contributed by atoms with van der Waals surface area (Å²) >= 11 is 0. The standard InChI is InChI=1S/C14H22N2O/c1-3-17-14(12-8-5-4-6-9-12)13(15)10-7-11-16(14)2/h4-6,8-9,13H,3,7,10-11,15H2,1-2H3. The van der Waals surface area contributed by atoms with Gasteiger partial charge in [-0.3, -0.25) is 4.90 Å². The number of ether oxygens (including phenoxy) is 1. The van der Waals surface area contributed by atoms with Gasteiger partial charge in [-0.15, -0.1) is 0 Å². The van der Waals surface area contributed by atoms with Crippen LogP contribution in [0.4, 0.5) is 0 Å². The summed E-state index contributed by atoms with van der Waals surface area (Å²) < 4.78 is 6.08. The molecule has 0 saturated carbocycles. The highest BCUT2D eigenvalue weighted by Crippen LogP contribution is 2.36. The minimum absolute atomic E-state index is 0.0311. The molecule has 0 aliphatic carbocycles. The first-order valence-corrected chi connectivity index (χ1v) is 6.38. The van der Waals surface area contributed by atoms with Gasteiger partial charge in [0.15, 0.2) is 5.72 Å². The summed E-state index contributed by atoms with van der Waals surface area (Å²) in [5.41, 5.74) is 7.07. The average molecular weight is 234 g/mol. The van der Waals surface area contributed by atoms with E-state index < -0.39 is 5.72 Å². The number of nitrogens with two attached hydrogens (primary N) is 1. The monoisotopic (exact) mass is 234 g/mol. The van der Waals surface area contributed by atoms with E-state index in [9.17, 15) is 0 Å². The molecule has 2 atom stereocenters. The van der Waals surface area contributed by atoms with Crippen molar-refractivity contribution in [3.8, 4) is 0 Å². The lowest BCUT2D eigenvalue weighted by molar-refractivity contribution is -0.182. The summed E-state index contributed by atoms with van der Waals surface area (Å²) in [5, 5.41) is 0. The zero-order valence-corrected chi connectivity index (χ0v) is 10.7. The van der Waals surface area contributed by atoms with Crippen molar-refractivity contribution in [1.29, 1.82) is 0 Å². The molecule has 1 aromatic carbocycles. The number of hydrogen-bond donors (Lipinski definition) is 1. The van der Waals surface area contributed by atoms with Gasteiger partial charge in [0.1, 0.15) is 0 Å². The van der Waals surface area contributed by atoms with Crippen LogP contribution in [0.25, 0.3) is 0 Å². The van der Waals surface area contributed by atoms with Gasteiger partial charge in [0.05, 0.1) is 6.04 Å². The van der Waals surface area contributed by atoms with E-state index in [0.29, 0.717) is 6.61 Å². The van der Waals surface area contributed by atoms with Crippen LogP contribution in [0.2, 0.25) is 0 Å². The molecule has 0 spiro atoms. The van der Waals surface area contributed by atoms with Gasteiger partial charge in [-0.05, 0) is 26.8 Å². The zero-order valence-electron chi connectivity index (χ0n) is 10.7. The number of piperidine rings is 1. The molecule has 1 saturated heterocycles. The van der Waals surface area contributed by atoms with E-state index in [2.05, 4.69) is 24.1 Å².